The molecule has 0 aromatic heterocycles. The van der Waals surface area contributed by atoms with Gasteiger partial charge in [-0.2, -0.15) is 4.72 Å². The van der Waals surface area contributed by atoms with E-state index in [1.165, 1.54) is 14.0 Å². The van der Waals surface area contributed by atoms with Crippen molar-refractivity contribution in [1.29, 1.82) is 0 Å². The van der Waals surface area contributed by atoms with Gasteiger partial charge in [-0.05, 0) is 6.92 Å². The van der Waals surface area contributed by atoms with Crippen LogP contribution in [-0.2, 0) is 19.6 Å². The molecular formula is C7H15NO6S. The van der Waals surface area contributed by atoms with Crippen LogP contribution in [-0.4, -0.2) is 56.2 Å². The van der Waals surface area contributed by atoms with E-state index in [1.807, 2.05) is 4.72 Å². The fourth-order valence-corrected chi connectivity index (χ4v) is 1.99. The predicted molar refractivity (Wildman–Crippen MR) is 51.9 cm³/mol. The molecule has 15 heavy (non-hydrogen) atoms. The van der Waals surface area contributed by atoms with E-state index in [0.717, 1.165) is 0 Å². The highest BCUT2D eigenvalue weighted by molar-refractivity contribution is 7.89. The highest BCUT2D eigenvalue weighted by atomic mass is 32.2. The Morgan fingerprint density at radius 2 is 2.07 bits per heavy atom. The molecule has 0 bridgehead atoms. The fraction of sp³-hybridized carbons (Fsp3) is 0.857. The Morgan fingerprint density at radius 3 is 2.40 bits per heavy atom. The molecule has 0 aliphatic heterocycles. The first-order chi connectivity index (χ1) is 6.80. The summed E-state index contributed by atoms with van der Waals surface area (Å²) in [4.78, 5) is 10.6. The van der Waals surface area contributed by atoms with Crippen LogP contribution < -0.4 is 4.72 Å². The van der Waals surface area contributed by atoms with Crippen LogP contribution in [0.4, 0.5) is 0 Å². The number of hydrogen-bond donors (Lipinski definition) is 3. The third-order valence-electron chi connectivity index (χ3n) is 1.61. The molecule has 0 aromatic carbocycles. The molecule has 0 aliphatic carbocycles. The van der Waals surface area contributed by atoms with Crippen molar-refractivity contribution in [2.24, 2.45) is 0 Å². The van der Waals surface area contributed by atoms with Gasteiger partial charge in [-0.1, -0.05) is 0 Å². The third kappa shape index (κ3) is 5.67. The summed E-state index contributed by atoms with van der Waals surface area (Å²) < 4.78 is 28.9. The number of ether oxygens (including phenoxy) is 1. The second-order valence-electron chi connectivity index (χ2n) is 2.99. The van der Waals surface area contributed by atoms with Crippen molar-refractivity contribution in [3.8, 4) is 0 Å². The molecule has 0 heterocycles. The van der Waals surface area contributed by atoms with Gasteiger partial charge in [0, 0.05) is 7.11 Å². The van der Waals surface area contributed by atoms with E-state index in [1.54, 1.807) is 0 Å². The summed E-state index contributed by atoms with van der Waals surface area (Å²) in [6.45, 7) is 1.15. The molecular weight excluding hydrogens is 226 g/mol. The summed E-state index contributed by atoms with van der Waals surface area (Å²) >= 11 is 0. The standard InChI is InChI=1S/C7H15NO6S/c1-5(9)6(7(10)11)8-15(12,13)4-3-14-2/h5-6,8-9H,3-4H2,1-2H3,(H,10,11). The maximum absolute atomic E-state index is 11.2. The molecule has 0 spiro atoms. The minimum atomic E-state index is -3.75. The molecule has 0 radical (unpaired) electrons. The van der Waals surface area contributed by atoms with E-state index in [9.17, 15) is 13.2 Å². The first kappa shape index (κ1) is 14.3. The van der Waals surface area contributed by atoms with Crippen LogP contribution in [0, 0.1) is 0 Å². The van der Waals surface area contributed by atoms with Crippen LogP contribution in [0.25, 0.3) is 0 Å². The van der Waals surface area contributed by atoms with Gasteiger partial charge in [-0.15, -0.1) is 0 Å². The Hall–Kier alpha value is -0.700. The second-order valence-corrected chi connectivity index (χ2v) is 4.86. The molecule has 0 aliphatic rings. The minimum Gasteiger partial charge on any atom is -0.480 e. The van der Waals surface area contributed by atoms with Crippen molar-refractivity contribution in [2.45, 2.75) is 19.1 Å². The molecule has 0 amide bonds. The normalized spacial score (nSPS) is 15.9. The Kier molecular flexibility index (Phi) is 5.73. The number of sulfonamides is 1. The molecule has 2 unspecified atom stereocenters. The molecule has 0 rings (SSSR count). The largest absolute Gasteiger partial charge is 0.480 e. The number of aliphatic hydroxyl groups excluding tert-OH is 1. The lowest BCUT2D eigenvalue weighted by Crippen LogP contribution is -2.48. The average molecular weight is 241 g/mol. The topological polar surface area (TPSA) is 113 Å². The number of hydrogen-bond acceptors (Lipinski definition) is 5. The van der Waals surface area contributed by atoms with Crippen LogP contribution in [0.15, 0.2) is 0 Å². The average Bonchev–Trinajstić information content (AvgIpc) is 2.10. The number of nitrogens with one attached hydrogen (secondary N) is 1. The Bertz CT molecular complexity index is 299. The van der Waals surface area contributed by atoms with Crippen molar-refractivity contribution in [2.75, 3.05) is 19.5 Å². The summed E-state index contributed by atoms with van der Waals surface area (Å²) in [5.74, 6) is -1.77. The fourth-order valence-electron chi connectivity index (χ4n) is 0.801. The number of aliphatic carboxylic acids is 1. The zero-order valence-electron chi connectivity index (χ0n) is 8.50. The third-order valence-corrected chi connectivity index (χ3v) is 2.93. The molecule has 0 fully saturated rings. The van der Waals surface area contributed by atoms with Gasteiger partial charge in [0.2, 0.25) is 10.0 Å². The van der Waals surface area contributed by atoms with Gasteiger partial charge in [0.25, 0.3) is 0 Å². The van der Waals surface area contributed by atoms with E-state index >= 15 is 0 Å². The van der Waals surface area contributed by atoms with Crippen molar-refractivity contribution in [3.05, 3.63) is 0 Å². The monoisotopic (exact) mass is 241 g/mol. The summed E-state index contributed by atoms with van der Waals surface area (Å²) in [5, 5.41) is 17.6. The number of methoxy groups -OCH3 is 1. The van der Waals surface area contributed by atoms with Gasteiger partial charge >= 0.3 is 5.97 Å². The Balaban J connectivity index is 4.46. The van der Waals surface area contributed by atoms with E-state index in [-0.39, 0.29) is 12.4 Å². The zero-order chi connectivity index (χ0) is 12.1. The van der Waals surface area contributed by atoms with E-state index < -0.39 is 28.1 Å². The second kappa shape index (κ2) is 6.01. The molecule has 90 valence electrons. The van der Waals surface area contributed by atoms with Gasteiger partial charge in [0.05, 0.1) is 18.5 Å². The molecule has 7 nitrogen and oxygen atoms in total. The summed E-state index contributed by atoms with van der Waals surface area (Å²) in [5.41, 5.74) is 0. The molecule has 8 heteroatoms. The number of carboxylic acid groups (broad SMARTS) is 1. The van der Waals surface area contributed by atoms with E-state index in [2.05, 4.69) is 4.74 Å². The summed E-state index contributed by atoms with van der Waals surface area (Å²) in [6, 6.07) is -1.54. The number of rotatable bonds is 7. The smallest absolute Gasteiger partial charge is 0.324 e. The molecule has 3 N–H and O–H groups in total. The van der Waals surface area contributed by atoms with Crippen LogP contribution >= 0.6 is 0 Å². The molecule has 0 saturated carbocycles. The summed E-state index contributed by atoms with van der Waals surface area (Å²) in [6.07, 6.45) is -1.31. The lowest BCUT2D eigenvalue weighted by atomic mass is 10.2. The number of aliphatic hydroxyl groups is 1. The Labute approximate surface area is 88.1 Å². The van der Waals surface area contributed by atoms with Crippen molar-refractivity contribution in [3.63, 3.8) is 0 Å². The van der Waals surface area contributed by atoms with Gasteiger partial charge in [-0.25, -0.2) is 8.42 Å². The van der Waals surface area contributed by atoms with Crippen molar-refractivity contribution < 1.29 is 28.2 Å². The molecule has 0 saturated heterocycles. The maximum Gasteiger partial charge on any atom is 0.324 e. The van der Waals surface area contributed by atoms with Gasteiger partial charge in [-0.3, -0.25) is 4.79 Å². The lowest BCUT2D eigenvalue weighted by Gasteiger charge is -2.16. The first-order valence-electron chi connectivity index (χ1n) is 4.20. The zero-order valence-corrected chi connectivity index (χ0v) is 9.32. The van der Waals surface area contributed by atoms with Crippen LogP contribution in [0.2, 0.25) is 0 Å². The SMILES string of the molecule is COCCS(=O)(=O)NC(C(=O)O)C(C)O. The van der Waals surface area contributed by atoms with Crippen LogP contribution in [0.5, 0.6) is 0 Å². The van der Waals surface area contributed by atoms with Gasteiger partial charge in [0.15, 0.2) is 0 Å². The molecule has 2 atom stereocenters. The number of carboxylic acids is 1. The molecule has 0 aromatic rings. The summed E-state index contributed by atoms with van der Waals surface area (Å²) in [7, 11) is -2.42. The quantitative estimate of drug-likeness (QED) is 0.494. The highest BCUT2D eigenvalue weighted by Gasteiger charge is 2.27. The van der Waals surface area contributed by atoms with Crippen molar-refractivity contribution in [1.82, 2.24) is 4.72 Å². The predicted octanol–water partition coefficient (Wildman–Crippen LogP) is -1.61. The Morgan fingerprint density at radius 1 is 1.53 bits per heavy atom. The minimum absolute atomic E-state index is 0.0402. The van der Waals surface area contributed by atoms with Gasteiger partial charge in [0.1, 0.15) is 6.04 Å². The number of carbonyl (C=O) groups is 1. The lowest BCUT2D eigenvalue weighted by molar-refractivity contribution is -0.141. The first-order valence-corrected chi connectivity index (χ1v) is 5.85. The maximum atomic E-state index is 11.2. The van der Waals surface area contributed by atoms with Crippen LogP contribution in [0.1, 0.15) is 6.92 Å². The van der Waals surface area contributed by atoms with Crippen molar-refractivity contribution >= 4 is 16.0 Å². The van der Waals surface area contributed by atoms with Crippen LogP contribution in [0.3, 0.4) is 0 Å². The van der Waals surface area contributed by atoms with Gasteiger partial charge < -0.3 is 14.9 Å². The van der Waals surface area contributed by atoms with E-state index in [0.29, 0.717) is 0 Å². The highest BCUT2D eigenvalue weighted by Crippen LogP contribution is 1.97. The van der Waals surface area contributed by atoms with E-state index in [4.69, 9.17) is 10.2 Å².